The third kappa shape index (κ3) is 9.21. The fourth-order valence-electron chi connectivity index (χ4n) is 3.36. The minimum atomic E-state index is -0.538. The van der Waals surface area contributed by atoms with Gasteiger partial charge in [-0.2, -0.15) is 0 Å². The van der Waals surface area contributed by atoms with Crippen LogP contribution in [0.1, 0.15) is 59.6 Å². The fourth-order valence-corrected chi connectivity index (χ4v) is 3.36. The van der Waals surface area contributed by atoms with Crippen molar-refractivity contribution in [2.45, 2.75) is 71.4 Å². The van der Waals surface area contributed by atoms with Crippen LogP contribution in [0.2, 0.25) is 0 Å². The Morgan fingerprint density at radius 1 is 1.26 bits per heavy atom. The highest BCUT2D eigenvalue weighted by Crippen LogP contribution is 2.18. The number of alkyl carbamates (subject to hydrolysis) is 1. The van der Waals surface area contributed by atoms with Gasteiger partial charge in [-0.25, -0.2) is 4.79 Å². The molecular formula is C23H40N4O4. The summed E-state index contributed by atoms with van der Waals surface area (Å²) in [4.78, 5) is 17.2. The van der Waals surface area contributed by atoms with Crippen LogP contribution < -0.4 is 16.0 Å². The Morgan fingerprint density at radius 2 is 2.03 bits per heavy atom. The zero-order chi connectivity index (χ0) is 22.7. The molecule has 8 nitrogen and oxygen atoms in total. The first-order chi connectivity index (χ1) is 14.8. The topological polar surface area (TPSA) is 97.1 Å². The quantitative estimate of drug-likeness (QED) is 0.384. The van der Waals surface area contributed by atoms with Gasteiger partial charge in [0.05, 0.1) is 25.0 Å². The summed E-state index contributed by atoms with van der Waals surface area (Å²) in [6, 6.07) is 3.85. The second kappa shape index (κ2) is 12.0. The number of aliphatic imine (C=N–C) groups is 1. The van der Waals surface area contributed by atoms with Gasteiger partial charge in [0, 0.05) is 32.0 Å². The maximum atomic E-state index is 12.4. The molecule has 1 aliphatic rings. The van der Waals surface area contributed by atoms with Gasteiger partial charge in [0.15, 0.2) is 5.96 Å². The number of rotatable bonds is 10. The summed E-state index contributed by atoms with van der Waals surface area (Å²) in [5, 5.41) is 9.89. The molecule has 1 aromatic rings. The monoisotopic (exact) mass is 436 g/mol. The van der Waals surface area contributed by atoms with Crippen LogP contribution in [-0.2, 0) is 15.9 Å². The van der Waals surface area contributed by atoms with E-state index in [4.69, 9.17) is 18.9 Å². The molecule has 0 radical (unpaired) electrons. The number of ether oxygens (including phenoxy) is 2. The summed E-state index contributed by atoms with van der Waals surface area (Å²) in [5.74, 6) is 2.15. The fraction of sp³-hybridized carbons (Fsp3) is 0.739. The van der Waals surface area contributed by atoms with Crippen molar-refractivity contribution in [3.05, 3.63) is 24.2 Å². The van der Waals surface area contributed by atoms with E-state index in [1.165, 1.54) is 0 Å². The smallest absolute Gasteiger partial charge is 0.408 e. The number of guanidine groups is 1. The zero-order valence-electron chi connectivity index (χ0n) is 19.8. The number of nitrogens with one attached hydrogen (secondary N) is 3. The molecule has 1 aliphatic heterocycles. The summed E-state index contributed by atoms with van der Waals surface area (Å²) in [6.45, 7) is 13.3. The number of hydrogen-bond donors (Lipinski definition) is 3. The van der Waals surface area contributed by atoms with Crippen molar-refractivity contribution < 1.29 is 18.7 Å². The molecular weight excluding hydrogens is 396 g/mol. The largest absolute Gasteiger partial charge is 0.469 e. The van der Waals surface area contributed by atoms with Crippen LogP contribution in [0.5, 0.6) is 0 Å². The Bertz CT molecular complexity index is 672. The predicted molar refractivity (Wildman–Crippen MR) is 122 cm³/mol. The molecule has 8 heteroatoms. The van der Waals surface area contributed by atoms with E-state index in [1.807, 2.05) is 32.9 Å². The van der Waals surface area contributed by atoms with Crippen molar-refractivity contribution in [1.82, 2.24) is 16.0 Å². The highest BCUT2D eigenvalue weighted by molar-refractivity contribution is 5.80. The van der Waals surface area contributed by atoms with Crippen LogP contribution in [0.25, 0.3) is 0 Å². The van der Waals surface area contributed by atoms with Crippen LogP contribution in [0.3, 0.4) is 0 Å². The SMILES string of the molecule is CCC(CC)(CN=C(NCCc1ccco1)NCC1CCOC1)NC(=O)OC(C)(C)C. The van der Waals surface area contributed by atoms with Gasteiger partial charge >= 0.3 is 6.09 Å². The molecule has 2 heterocycles. The van der Waals surface area contributed by atoms with Crippen molar-refractivity contribution in [3.63, 3.8) is 0 Å². The molecule has 2 rings (SSSR count). The summed E-state index contributed by atoms with van der Waals surface area (Å²) in [5.41, 5.74) is -1.00. The van der Waals surface area contributed by atoms with Crippen LogP contribution in [0, 0.1) is 5.92 Å². The second-order valence-corrected chi connectivity index (χ2v) is 9.15. The van der Waals surface area contributed by atoms with Gasteiger partial charge in [-0.1, -0.05) is 13.8 Å². The molecule has 1 aromatic heterocycles. The molecule has 1 saturated heterocycles. The Labute approximate surface area is 186 Å². The maximum Gasteiger partial charge on any atom is 0.408 e. The maximum absolute atomic E-state index is 12.4. The molecule has 0 saturated carbocycles. The van der Waals surface area contributed by atoms with Crippen molar-refractivity contribution in [2.75, 3.05) is 32.8 Å². The molecule has 0 spiro atoms. The Balaban J connectivity index is 2.00. The Morgan fingerprint density at radius 3 is 2.61 bits per heavy atom. The highest BCUT2D eigenvalue weighted by atomic mass is 16.6. The standard InChI is InChI=1S/C23H40N4O4/c1-6-23(7-2,27-21(28)31-22(3,4)5)17-26-20(25-15-18-11-14-29-16-18)24-12-10-19-9-8-13-30-19/h8-9,13,18H,6-7,10-12,14-17H2,1-5H3,(H,27,28)(H2,24,25,26). The van der Waals surface area contributed by atoms with E-state index in [2.05, 4.69) is 29.8 Å². The number of carbonyl (C=O) groups is 1. The molecule has 31 heavy (non-hydrogen) atoms. The lowest BCUT2D eigenvalue weighted by Gasteiger charge is -2.32. The number of hydrogen-bond acceptors (Lipinski definition) is 5. The average Bonchev–Trinajstić information content (AvgIpc) is 3.41. The van der Waals surface area contributed by atoms with Crippen molar-refractivity contribution in [1.29, 1.82) is 0 Å². The first-order valence-corrected chi connectivity index (χ1v) is 11.4. The van der Waals surface area contributed by atoms with Gasteiger partial charge in [-0.3, -0.25) is 4.99 Å². The van der Waals surface area contributed by atoms with Crippen molar-refractivity contribution >= 4 is 12.1 Å². The van der Waals surface area contributed by atoms with Crippen molar-refractivity contribution in [2.24, 2.45) is 10.9 Å². The first-order valence-electron chi connectivity index (χ1n) is 11.4. The van der Waals surface area contributed by atoms with E-state index in [-0.39, 0.29) is 0 Å². The lowest BCUT2D eigenvalue weighted by Crippen LogP contribution is -2.52. The minimum absolute atomic E-state index is 0.408. The zero-order valence-corrected chi connectivity index (χ0v) is 19.8. The van der Waals surface area contributed by atoms with E-state index in [9.17, 15) is 4.79 Å². The lowest BCUT2D eigenvalue weighted by atomic mass is 9.93. The van der Waals surface area contributed by atoms with Gasteiger partial charge < -0.3 is 29.8 Å². The predicted octanol–water partition coefficient (Wildman–Crippen LogP) is 3.48. The van der Waals surface area contributed by atoms with Crippen LogP contribution in [-0.4, -0.2) is 56.0 Å². The van der Waals surface area contributed by atoms with Crippen molar-refractivity contribution in [3.8, 4) is 0 Å². The first kappa shape index (κ1) is 25.0. The van der Waals surface area contributed by atoms with Gasteiger partial charge in [0.25, 0.3) is 0 Å². The Kier molecular flexibility index (Phi) is 9.68. The third-order valence-electron chi connectivity index (χ3n) is 5.49. The van der Waals surface area contributed by atoms with Crippen LogP contribution in [0.4, 0.5) is 4.79 Å². The molecule has 0 bridgehead atoms. The summed E-state index contributed by atoms with van der Waals surface area (Å²) >= 11 is 0. The average molecular weight is 437 g/mol. The second-order valence-electron chi connectivity index (χ2n) is 9.15. The van der Waals surface area contributed by atoms with E-state index in [1.54, 1.807) is 6.26 Å². The van der Waals surface area contributed by atoms with Crippen LogP contribution >= 0.6 is 0 Å². The summed E-state index contributed by atoms with van der Waals surface area (Å²) in [7, 11) is 0. The molecule has 3 N–H and O–H groups in total. The minimum Gasteiger partial charge on any atom is -0.469 e. The van der Waals surface area contributed by atoms with Gasteiger partial charge in [0.1, 0.15) is 11.4 Å². The summed E-state index contributed by atoms with van der Waals surface area (Å²) < 4.78 is 16.4. The molecule has 176 valence electrons. The van der Waals surface area contributed by atoms with E-state index >= 15 is 0 Å². The Hall–Kier alpha value is -2.22. The van der Waals surface area contributed by atoms with E-state index in [0.717, 1.165) is 57.2 Å². The number of carbonyl (C=O) groups excluding carboxylic acids is 1. The summed E-state index contributed by atoms with van der Waals surface area (Å²) in [6.07, 6.45) is 4.60. The molecule has 0 aliphatic carbocycles. The molecule has 0 aromatic carbocycles. The van der Waals surface area contributed by atoms with E-state index < -0.39 is 17.2 Å². The van der Waals surface area contributed by atoms with Gasteiger partial charge in [-0.15, -0.1) is 0 Å². The van der Waals surface area contributed by atoms with E-state index in [0.29, 0.717) is 19.0 Å². The number of nitrogens with zero attached hydrogens (tertiary/aromatic N) is 1. The lowest BCUT2D eigenvalue weighted by molar-refractivity contribution is 0.0452. The highest BCUT2D eigenvalue weighted by Gasteiger charge is 2.30. The normalized spacial score (nSPS) is 17.5. The third-order valence-corrected chi connectivity index (χ3v) is 5.49. The van der Waals surface area contributed by atoms with Gasteiger partial charge in [-0.05, 0) is 52.2 Å². The molecule has 1 fully saturated rings. The molecule has 1 unspecified atom stereocenters. The number of amides is 1. The van der Waals surface area contributed by atoms with Crippen LogP contribution in [0.15, 0.2) is 27.8 Å². The molecule has 1 atom stereocenters. The van der Waals surface area contributed by atoms with Gasteiger partial charge in [0.2, 0.25) is 0 Å². The number of furan rings is 1. The molecule has 1 amide bonds.